The van der Waals surface area contributed by atoms with E-state index < -0.39 is 17.9 Å². The van der Waals surface area contributed by atoms with Gasteiger partial charge in [-0.3, -0.25) is 14.4 Å². The zero-order chi connectivity index (χ0) is 20.2. The number of hydrogen-bond donors (Lipinski definition) is 3. The van der Waals surface area contributed by atoms with Crippen LogP contribution in [0.4, 0.5) is 0 Å². The minimum Gasteiger partial charge on any atom is -0.481 e. The number of carbonyl (C=O) groups is 3. The molecule has 0 spiro atoms. The van der Waals surface area contributed by atoms with Crippen LogP contribution in [-0.2, 0) is 16.0 Å². The van der Waals surface area contributed by atoms with Crippen LogP contribution in [0, 0.1) is 0 Å². The summed E-state index contributed by atoms with van der Waals surface area (Å²) in [5.74, 6) is -1.32. The Morgan fingerprint density at radius 2 is 1.71 bits per heavy atom. The number of rotatable bonds is 12. The molecule has 0 fully saturated rings. The summed E-state index contributed by atoms with van der Waals surface area (Å²) in [4.78, 5) is 35.4. The quantitative estimate of drug-likeness (QED) is 0.486. The van der Waals surface area contributed by atoms with Gasteiger partial charge in [0.25, 0.3) is 5.91 Å². The lowest BCUT2D eigenvalue weighted by Crippen LogP contribution is -2.48. The van der Waals surface area contributed by atoms with E-state index >= 15 is 0 Å². The Kier molecular flexibility index (Phi) is 8.78. The van der Waals surface area contributed by atoms with Crippen molar-refractivity contribution in [1.82, 2.24) is 10.6 Å². The Morgan fingerprint density at radius 3 is 2.39 bits per heavy atom. The highest BCUT2D eigenvalue weighted by Crippen LogP contribution is 2.07. The third-order valence-corrected chi connectivity index (χ3v) is 4.27. The summed E-state index contributed by atoms with van der Waals surface area (Å²) in [6, 6.07) is 11.9. The second kappa shape index (κ2) is 11.6. The predicted octanol–water partition coefficient (Wildman–Crippen LogP) is 2.77. The monoisotopic (exact) mass is 386 g/mol. The SMILES string of the molecule is O=C(O)CCCCCCNC(=O)[C@H](Cc1ccccc1)NC(=O)c1ccco1. The van der Waals surface area contributed by atoms with Gasteiger partial charge in [0.2, 0.25) is 5.91 Å². The number of aliphatic carboxylic acids is 1. The van der Waals surface area contributed by atoms with E-state index in [1.807, 2.05) is 30.3 Å². The van der Waals surface area contributed by atoms with Crippen LogP contribution in [0.3, 0.4) is 0 Å². The van der Waals surface area contributed by atoms with Gasteiger partial charge in [-0.05, 0) is 30.5 Å². The van der Waals surface area contributed by atoms with Crippen LogP contribution in [-0.4, -0.2) is 35.5 Å². The van der Waals surface area contributed by atoms with Crippen molar-refractivity contribution in [1.29, 1.82) is 0 Å². The first-order valence-electron chi connectivity index (χ1n) is 9.44. The molecule has 0 aliphatic carbocycles. The minimum absolute atomic E-state index is 0.157. The molecule has 0 saturated carbocycles. The third kappa shape index (κ3) is 7.65. The molecule has 3 N–H and O–H groups in total. The van der Waals surface area contributed by atoms with Gasteiger partial charge in [0.05, 0.1) is 6.26 Å². The lowest BCUT2D eigenvalue weighted by Gasteiger charge is -2.18. The number of nitrogens with one attached hydrogen (secondary N) is 2. The fourth-order valence-corrected chi connectivity index (χ4v) is 2.79. The Hall–Kier alpha value is -3.09. The largest absolute Gasteiger partial charge is 0.481 e. The van der Waals surface area contributed by atoms with Crippen LogP contribution in [0.15, 0.2) is 53.1 Å². The standard InChI is InChI=1S/C21H26N2O5/c24-19(25)12-6-1-2-7-13-22-20(26)17(15-16-9-4-3-5-10-16)23-21(27)18-11-8-14-28-18/h3-5,8-11,14,17H,1-2,6-7,12-13,15H2,(H,22,26)(H,23,27)(H,24,25)/t17-/m0/s1. The van der Waals surface area contributed by atoms with Crippen LogP contribution in [0.2, 0.25) is 0 Å². The lowest BCUT2D eigenvalue weighted by molar-refractivity contribution is -0.137. The van der Waals surface area contributed by atoms with Crippen LogP contribution < -0.4 is 10.6 Å². The third-order valence-electron chi connectivity index (χ3n) is 4.27. The van der Waals surface area contributed by atoms with Gasteiger partial charge in [-0.1, -0.05) is 43.2 Å². The summed E-state index contributed by atoms with van der Waals surface area (Å²) in [6.07, 6.45) is 5.00. The van der Waals surface area contributed by atoms with E-state index in [0.29, 0.717) is 19.4 Å². The van der Waals surface area contributed by atoms with Gasteiger partial charge in [0.15, 0.2) is 5.76 Å². The molecule has 1 aromatic heterocycles. The fraction of sp³-hybridized carbons (Fsp3) is 0.381. The molecule has 0 radical (unpaired) electrons. The van der Waals surface area contributed by atoms with Gasteiger partial charge in [-0.2, -0.15) is 0 Å². The zero-order valence-electron chi connectivity index (χ0n) is 15.7. The maximum absolute atomic E-state index is 12.6. The number of benzene rings is 1. The van der Waals surface area contributed by atoms with Gasteiger partial charge in [0, 0.05) is 19.4 Å². The molecule has 2 aromatic rings. The molecule has 1 atom stereocenters. The number of amides is 2. The van der Waals surface area contributed by atoms with Crippen molar-refractivity contribution in [2.24, 2.45) is 0 Å². The molecule has 0 aliphatic heterocycles. The highest BCUT2D eigenvalue weighted by atomic mass is 16.4. The van der Waals surface area contributed by atoms with Crippen LogP contribution in [0.5, 0.6) is 0 Å². The Bertz CT molecular complexity index is 743. The van der Waals surface area contributed by atoms with Crippen molar-refractivity contribution in [3.8, 4) is 0 Å². The summed E-state index contributed by atoms with van der Waals surface area (Å²) < 4.78 is 5.09. The number of carboxylic acids is 1. The smallest absolute Gasteiger partial charge is 0.303 e. The minimum atomic E-state index is -0.788. The average molecular weight is 386 g/mol. The summed E-state index contributed by atoms with van der Waals surface area (Å²) in [6.45, 7) is 0.480. The molecular weight excluding hydrogens is 360 g/mol. The summed E-state index contributed by atoms with van der Waals surface area (Å²) >= 11 is 0. The van der Waals surface area contributed by atoms with Gasteiger partial charge >= 0.3 is 5.97 Å². The molecule has 0 bridgehead atoms. The highest BCUT2D eigenvalue weighted by molar-refractivity contribution is 5.95. The van der Waals surface area contributed by atoms with E-state index in [1.54, 1.807) is 12.1 Å². The van der Waals surface area contributed by atoms with Crippen molar-refractivity contribution >= 4 is 17.8 Å². The number of carboxylic acid groups (broad SMARTS) is 1. The first kappa shape index (κ1) is 21.2. The Labute approximate surface area is 164 Å². The van der Waals surface area contributed by atoms with Crippen molar-refractivity contribution < 1.29 is 23.9 Å². The molecule has 7 heteroatoms. The van der Waals surface area contributed by atoms with E-state index in [4.69, 9.17) is 9.52 Å². The zero-order valence-corrected chi connectivity index (χ0v) is 15.7. The molecule has 1 heterocycles. The molecule has 2 rings (SSSR count). The molecular formula is C21H26N2O5. The van der Waals surface area contributed by atoms with Gasteiger partial charge in [0.1, 0.15) is 6.04 Å². The first-order valence-corrected chi connectivity index (χ1v) is 9.44. The summed E-state index contributed by atoms with van der Waals surface area (Å²) in [5.41, 5.74) is 0.941. The molecule has 0 unspecified atom stereocenters. The van der Waals surface area contributed by atoms with E-state index in [1.165, 1.54) is 6.26 Å². The van der Waals surface area contributed by atoms with Gasteiger partial charge in [-0.15, -0.1) is 0 Å². The van der Waals surface area contributed by atoms with Crippen LogP contribution in [0.25, 0.3) is 0 Å². The van der Waals surface area contributed by atoms with Gasteiger partial charge < -0.3 is 20.2 Å². The van der Waals surface area contributed by atoms with Crippen molar-refractivity contribution in [3.63, 3.8) is 0 Å². The molecule has 7 nitrogen and oxygen atoms in total. The summed E-state index contributed by atoms with van der Waals surface area (Å²) in [7, 11) is 0. The first-order chi connectivity index (χ1) is 13.6. The second-order valence-electron chi connectivity index (χ2n) is 6.54. The number of unbranched alkanes of at least 4 members (excludes halogenated alkanes) is 3. The predicted molar refractivity (Wildman–Crippen MR) is 104 cm³/mol. The molecule has 0 saturated heterocycles. The van der Waals surface area contributed by atoms with Crippen molar-refractivity contribution in [2.45, 2.75) is 44.6 Å². The summed E-state index contributed by atoms with van der Waals surface area (Å²) in [5, 5.41) is 14.2. The van der Waals surface area contributed by atoms with E-state index in [-0.39, 0.29) is 18.1 Å². The van der Waals surface area contributed by atoms with Crippen LogP contribution >= 0.6 is 0 Å². The van der Waals surface area contributed by atoms with Gasteiger partial charge in [-0.25, -0.2) is 0 Å². The average Bonchev–Trinajstić information content (AvgIpc) is 3.22. The van der Waals surface area contributed by atoms with E-state index in [0.717, 1.165) is 24.8 Å². The van der Waals surface area contributed by atoms with Crippen LogP contribution in [0.1, 0.15) is 48.2 Å². The van der Waals surface area contributed by atoms with E-state index in [9.17, 15) is 14.4 Å². The highest BCUT2D eigenvalue weighted by Gasteiger charge is 2.22. The van der Waals surface area contributed by atoms with Crippen molar-refractivity contribution in [3.05, 3.63) is 60.1 Å². The van der Waals surface area contributed by atoms with Crippen molar-refractivity contribution in [2.75, 3.05) is 6.54 Å². The molecule has 2 amide bonds. The Morgan fingerprint density at radius 1 is 0.964 bits per heavy atom. The number of furan rings is 1. The second-order valence-corrected chi connectivity index (χ2v) is 6.54. The molecule has 150 valence electrons. The lowest BCUT2D eigenvalue weighted by atomic mass is 10.0. The van der Waals surface area contributed by atoms with E-state index in [2.05, 4.69) is 10.6 Å². The maximum Gasteiger partial charge on any atom is 0.303 e. The maximum atomic E-state index is 12.6. The molecule has 1 aromatic carbocycles. The molecule has 0 aliphatic rings. The number of hydrogen-bond acceptors (Lipinski definition) is 4. The normalized spacial score (nSPS) is 11.6. The molecule has 28 heavy (non-hydrogen) atoms. The Balaban J connectivity index is 1.84. The fourth-order valence-electron chi connectivity index (χ4n) is 2.79. The topological polar surface area (TPSA) is 109 Å². The number of carbonyl (C=O) groups excluding carboxylic acids is 2.